The molecule has 17 nitrogen and oxygen atoms in total. The molecule has 0 aromatic heterocycles. The molecule has 0 spiro atoms. The molecule has 0 amide bonds. The van der Waals surface area contributed by atoms with Gasteiger partial charge in [-0.05, 0) is 57.3 Å². The fourth-order valence-corrected chi connectivity index (χ4v) is 11.7. The minimum atomic E-state index is -4.96. The summed E-state index contributed by atoms with van der Waals surface area (Å²) in [6, 6.07) is 0. The molecule has 0 aliphatic carbocycles. The predicted octanol–water partition coefficient (Wildman–Crippen LogP) is 19.7. The van der Waals surface area contributed by atoms with E-state index in [2.05, 4.69) is 58.9 Å². The highest BCUT2D eigenvalue weighted by Gasteiger charge is 2.30. The lowest BCUT2D eigenvalue weighted by atomic mass is 10.0. The highest BCUT2D eigenvalue weighted by molar-refractivity contribution is 7.47. The number of allylic oxidation sites excluding steroid dienone is 4. The second kappa shape index (κ2) is 63.0. The molecule has 0 bridgehead atoms. The van der Waals surface area contributed by atoms with Crippen LogP contribution in [0.15, 0.2) is 24.3 Å². The Morgan fingerprint density at radius 1 is 0.348 bits per heavy atom. The van der Waals surface area contributed by atoms with E-state index in [-0.39, 0.29) is 25.7 Å². The number of hydrogen-bond acceptors (Lipinski definition) is 15. The molecule has 19 heteroatoms. The molecule has 524 valence electrons. The average molecular weight is 1310 g/mol. The Hall–Kier alpha value is -2.46. The van der Waals surface area contributed by atoms with Gasteiger partial charge in [0.05, 0.1) is 26.4 Å². The Kier molecular flexibility index (Phi) is 61.2. The summed E-state index contributed by atoms with van der Waals surface area (Å²) in [5.41, 5.74) is 0. The highest BCUT2D eigenvalue weighted by Crippen LogP contribution is 2.45. The largest absolute Gasteiger partial charge is 0.472 e. The van der Waals surface area contributed by atoms with Gasteiger partial charge in [0.2, 0.25) is 0 Å². The number of unbranched alkanes of at least 4 members (excludes halogenated alkanes) is 37. The van der Waals surface area contributed by atoms with Crippen LogP contribution in [0.4, 0.5) is 0 Å². The number of hydrogen-bond donors (Lipinski definition) is 3. The first kappa shape index (κ1) is 86.5. The molecule has 3 N–H and O–H groups in total. The van der Waals surface area contributed by atoms with E-state index in [9.17, 15) is 43.2 Å². The lowest BCUT2D eigenvalue weighted by molar-refractivity contribution is -0.161. The summed E-state index contributed by atoms with van der Waals surface area (Å²) in [7, 11) is -9.91. The van der Waals surface area contributed by atoms with E-state index in [1.807, 2.05) is 0 Å². The standard InChI is InChI=1S/C70H132O17P2/c1-6-9-12-15-18-21-23-25-26-27-31-36-41-46-51-56-70(75)87-66(60-81-68(73)54-49-44-39-34-32-28-29-33-37-42-47-52-63(4)5)62-85-89(78,79)83-58-64(71)57-82-88(76,77)84-61-65(59-80-67(72)53-48-43-38-20-17-14-11-8-3)86-69(74)55-50-45-40-35-30-24-22-19-16-13-10-7-2/h21,23,25-26,63-66,71H,6-20,22,24,27-62H2,1-5H3,(H,76,77)(H,78,79)/b23-21-,26-25-/t64-,65+,66+/m0/s1. The molecule has 5 atom stereocenters. The van der Waals surface area contributed by atoms with Crippen molar-refractivity contribution >= 4 is 39.5 Å². The van der Waals surface area contributed by atoms with Crippen molar-refractivity contribution in [2.75, 3.05) is 39.6 Å². The van der Waals surface area contributed by atoms with Crippen molar-refractivity contribution < 1.29 is 80.2 Å². The van der Waals surface area contributed by atoms with Crippen molar-refractivity contribution in [2.45, 2.75) is 355 Å². The molecule has 0 aromatic carbocycles. The number of carbonyl (C=O) groups excluding carboxylic acids is 4. The van der Waals surface area contributed by atoms with Crippen LogP contribution in [0.25, 0.3) is 0 Å². The average Bonchev–Trinajstić information content (AvgIpc) is 3.71. The third-order valence-corrected chi connectivity index (χ3v) is 17.6. The van der Waals surface area contributed by atoms with Gasteiger partial charge in [-0.15, -0.1) is 0 Å². The van der Waals surface area contributed by atoms with E-state index in [1.54, 1.807) is 0 Å². The van der Waals surface area contributed by atoms with E-state index in [0.29, 0.717) is 25.7 Å². The van der Waals surface area contributed by atoms with Crippen molar-refractivity contribution in [3.05, 3.63) is 24.3 Å². The van der Waals surface area contributed by atoms with Gasteiger partial charge in [0.1, 0.15) is 19.3 Å². The van der Waals surface area contributed by atoms with Crippen molar-refractivity contribution in [3.63, 3.8) is 0 Å². The first-order chi connectivity index (χ1) is 43.0. The Balaban J connectivity index is 5.27. The zero-order valence-electron chi connectivity index (χ0n) is 57.0. The van der Waals surface area contributed by atoms with Crippen LogP contribution in [0.2, 0.25) is 0 Å². The highest BCUT2D eigenvalue weighted by atomic mass is 31.2. The van der Waals surface area contributed by atoms with Gasteiger partial charge in [0.25, 0.3) is 0 Å². The lowest BCUT2D eigenvalue weighted by Gasteiger charge is -2.21. The molecule has 0 aromatic rings. The van der Waals surface area contributed by atoms with Gasteiger partial charge < -0.3 is 33.8 Å². The van der Waals surface area contributed by atoms with Crippen LogP contribution in [-0.4, -0.2) is 96.7 Å². The summed E-state index contributed by atoms with van der Waals surface area (Å²) >= 11 is 0. The number of phosphoric ester groups is 2. The lowest BCUT2D eigenvalue weighted by Crippen LogP contribution is -2.30. The van der Waals surface area contributed by atoms with Gasteiger partial charge in [0.15, 0.2) is 12.2 Å². The molecule has 0 rings (SSSR count). The number of aliphatic hydroxyl groups is 1. The number of rotatable bonds is 68. The first-order valence-corrected chi connectivity index (χ1v) is 38.9. The quantitative estimate of drug-likeness (QED) is 0.0169. The molecule has 0 radical (unpaired) electrons. The van der Waals surface area contributed by atoms with Crippen LogP contribution in [-0.2, 0) is 65.4 Å². The molecule has 0 saturated heterocycles. The van der Waals surface area contributed by atoms with Crippen LogP contribution in [0.5, 0.6) is 0 Å². The van der Waals surface area contributed by atoms with Gasteiger partial charge in [-0.2, -0.15) is 0 Å². The number of carbonyl (C=O) groups is 4. The first-order valence-electron chi connectivity index (χ1n) is 36.0. The fourth-order valence-electron chi connectivity index (χ4n) is 10.1. The minimum absolute atomic E-state index is 0.0851. The number of aliphatic hydroxyl groups excluding tert-OH is 1. The Labute approximate surface area is 542 Å². The third kappa shape index (κ3) is 64.1. The molecule has 0 fully saturated rings. The van der Waals surface area contributed by atoms with Crippen molar-refractivity contribution in [1.29, 1.82) is 0 Å². The maximum Gasteiger partial charge on any atom is 0.472 e. The smallest absolute Gasteiger partial charge is 0.462 e. The monoisotopic (exact) mass is 1310 g/mol. The molecule has 0 aliphatic heterocycles. The SMILES string of the molecule is CCCCCC/C=C\C=C/CCCCCCCC(=O)O[C@H](COC(=O)CCCCCCCCCCCCCC(C)C)COP(=O)(O)OC[C@@H](O)COP(=O)(O)OC[C@@H](COC(=O)CCCCCCCCCC)OC(=O)CCCCCCCCCCCCCC. The van der Waals surface area contributed by atoms with E-state index in [1.165, 1.54) is 141 Å². The number of ether oxygens (including phenoxy) is 4. The topological polar surface area (TPSA) is 237 Å². The maximum absolute atomic E-state index is 13.0. The second-order valence-electron chi connectivity index (χ2n) is 25.1. The zero-order chi connectivity index (χ0) is 65.6. The van der Waals surface area contributed by atoms with Crippen LogP contribution in [0, 0.1) is 5.92 Å². The molecule has 0 saturated carbocycles. The van der Waals surface area contributed by atoms with Crippen LogP contribution in [0.1, 0.15) is 336 Å². The van der Waals surface area contributed by atoms with Gasteiger partial charge in [0, 0.05) is 25.7 Å². The van der Waals surface area contributed by atoms with E-state index >= 15 is 0 Å². The normalized spacial score (nSPS) is 14.3. The second-order valence-corrected chi connectivity index (χ2v) is 28.0. The summed E-state index contributed by atoms with van der Waals surface area (Å²) in [6.07, 6.45) is 52.1. The Bertz CT molecular complexity index is 1810. The minimum Gasteiger partial charge on any atom is -0.462 e. The Morgan fingerprint density at radius 3 is 0.921 bits per heavy atom. The van der Waals surface area contributed by atoms with E-state index in [4.69, 9.17) is 37.0 Å². The molecular weight excluding hydrogens is 1170 g/mol. The van der Waals surface area contributed by atoms with Gasteiger partial charge in [-0.3, -0.25) is 37.3 Å². The number of phosphoric acid groups is 2. The predicted molar refractivity (Wildman–Crippen MR) is 358 cm³/mol. The summed E-state index contributed by atoms with van der Waals surface area (Å²) in [4.78, 5) is 72.4. The van der Waals surface area contributed by atoms with Crippen molar-refractivity contribution in [2.24, 2.45) is 5.92 Å². The molecule has 89 heavy (non-hydrogen) atoms. The molecule has 0 aliphatic rings. The number of esters is 4. The summed E-state index contributed by atoms with van der Waals surface area (Å²) in [6.45, 7) is 7.15. The van der Waals surface area contributed by atoms with Gasteiger partial charge in [-0.25, -0.2) is 9.13 Å². The zero-order valence-corrected chi connectivity index (χ0v) is 58.8. The maximum atomic E-state index is 13.0. The van der Waals surface area contributed by atoms with Gasteiger partial charge >= 0.3 is 39.5 Å². The Morgan fingerprint density at radius 2 is 0.607 bits per heavy atom. The summed E-state index contributed by atoms with van der Waals surface area (Å²) in [5, 5.41) is 10.6. The van der Waals surface area contributed by atoms with Gasteiger partial charge in [-0.1, -0.05) is 284 Å². The van der Waals surface area contributed by atoms with Crippen LogP contribution < -0.4 is 0 Å². The van der Waals surface area contributed by atoms with Crippen LogP contribution >= 0.6 is 15.6 Å². The summed E-state index contributed by atoms with van der Waals surface area (Å²) in [5.74, 6) is -1.39. The van der Waals surface area contributed by atoms with Crippen molar-refractivity contribution in [1.82, 2.24) is 0 Å². The fraction of sp³-hybridized carbons (Fsp3) is 0.886. The van der Waals surface area contributed by atoms with Crippen molar-refractivity contribution in [3.8, 4) is 0 Å². The van der Waals surface area contributed by atoms with E-state index in [0.717, 1.165) is 115 Å². The summed E-state index contributed by atoms with van der Waals surface area (Å²) < 4.78 is 68.2. The molecule has 2 unspecified atom stereocenters. The molecular formula is C70H132O17P2. The molecule has 0 heterocycles. The van der Waals surface area contributed by atoms with E-state index < -0.39 is 97.5 Å². The third-order valence-electron chi connectivity index (χ3n) is 15.7. The van der Waals surface area contributed by atoms with Crippen LogP contribution in [0.3, 0.4) is 0 Å².